The van der Waals surface area contributed by atoms with Gasteiger partial charge in [0.25, 0.3) is 5.91 Å². The summed E-state index contributed by atoms with van der Waals surface area (Å²) in [5.74, 6) is 0.270. The molecule has 0 aliphatic carbocycles. The summed E-state index contributed by atoms with van der Waals surface area (Å²) in [4.78, 5) is 16.4. The van der Waals surface area contributed by atoms with E-state index >= 15 is 0 Å². The van der Waals surface area contributed by atoms with Crippen LogP contribution >= 0.6 is 0 Å². The van der Waals surface area contributed by atoms with E-state index in [4.69, 9.17) is 4.74 Å². The number of ether oxygens (including phenoxy) is 1. The van der Waals surface area contributed by atoms with E-state index in [0.717, 1.165) is 5.56 Å². The average molecular weight is 328 g/mol. The van der Waals surface area contributed by atoms with E-state index in [-0.39, 0.29) is 18.1 Å². The molecule has 0 radical (unpaired) electrons. The van der Waals surface area contributed by atoms with E-state index in [1.807, 2.05) is 44.2 Å². The Balaban J connectivity index is 1.95. The number of amides is 1. The molecule has 1 amide bonds. The van der Waals surface area contributed by atoms with Gasteiger partial charge < -0.3 is 15.2 Å². The van der Waals surface area contributed by atoms with E-state index in [1.54, 1.807) is 19.2 Å². The number of nitrogens with zero attached hydrogens (tertiary/aromatic N) is 1. The van der Waals surface area contributed by atoms with Crippen LogP contribution in [0.3, 0.4) is 0 Å². The maximum Gasteiger partial charge on any atom is 0.253 e. The standard InChI is InChI=1S/C19H24N2O3/c1-13(2)24-17-10-16(11-20-12-17)19(23)21-14(3)18(22)9-15-7-5-4-6-8-15/h4-8,10-14,18,22H,9H2,1-3H3,(H,21,23). The Hall–Kier alpha value is -2.40. The van der Waals surface area contributed by atoms with Crippen LogP contribution in [0.25, 0.3) is 0 Å². The summed E-state index contributed by atoms with van der Waals surface area (Å²) in [6.45, 7) is 5.61. The van der Waals surface area contributed by atoms with Crippen LogP contribution in [-0.2, 0) is 6.42 Å². The fourth-order valence-corrected chi connectivity index (χ4v) is 2.30. The van der Waals surface area contributed by atoms with Crippen LogP contribution in [0.5, 0.6) is 5.75 Å². The highest BCUT2D eigenvalue weighted by Crippen LogP contribution is 2.13. The Morgan fingerprint density at radius 3 is 2.58 bits per heavy atom. The maximum absolute atomic E-state index is 12.3. The number of nitrogens with one attached hydrogen (secondary N) is 1. The second-order valence-electron chi connectivity index (χ2n) is 6.10. The first kappa shape index (κ1) is 17.9. The molecule has 5 nitrogen and oxygen atoms in total. The van der Waals surface area contributed by atoms with Crippen molar-refractivity contribution in [1.82, 2.24) is 10.3 Å². The van der Waals surface area contributed by atoms with Gasteiger partial charge in [-0.15, -0.1) is 0 Å². The molecule has 0 aliphatic rings. The number of hydrogen-bond acceptors (Lipinski definition) is 4. The zero-order chi connectivity index (χ0) is 17.5. The number of aliphatic hydroxyl groups excluding tert-OH is 1. The summed E-state index contributed by atoms with van der Waals surface area (Å²) in [5, 5.41) is 13.1. The zero-order valence-corrected chi connectivity index (χ0v) is 14.3. The van der Waals surface area contributed by atoms with Crippen LogP contribution in [-0.4, -0.2) is 34.2 Å². The molecule has 128 valence electrons. The van der Waals surface area contributed by atoms with Crippen LogP contribution in [0.1, 0.15) is 36.7 Å². The molecule has 0 saturated heterocycles. The lowest BCUT2D eigenvalue weighted by Crippen LogP contribution is -2.42. The first-order chi connectivity index (χ1) is 11.5. The summed E-state index contributed by atoms with van der Waals surface area (Å²) in [6.07, 6.45) is 2.89. The van der Waals surface area contributed by atoms with Crippen molar-refractivity contribution in [2.45, 2.75) is 45.4 Å². The number of carbonyl (C=O) groups is 1. The lowest BCUT2D eigenvalue weighted by molar-refractivity contribution is 0.0851. The van der Waals surface area contributed by atoms with Crippen LogP contribution in [0, 0.1) is 0 Å². The minimum atomic E-state index is -0.667. The van der Waals surface area contributed by atoms with Crippen LogP contribution in [0.2, 0.25) is 0 Å². The third kappa shape index (κ3) is 5.35. The normalized spacial score (nSPS) is 13.4. The molecule has 0 saturated carbocycles. The second-order valence-corrected chi connectivity index (χ2v) is 6.10. The molecule has 0 bridgehead atoms. The SMILES string of the molecule is CC(C)Oc1cncc(C(=O)NC(C)C(O)Cc2ccccc2)c1. The van der Waals surface area contributed by atoms with Gasteiger partial charge in [0.1, 0.15) is 5.75 Å². The van der Waals surface area contributed by atoms with Gasteiger partial charge in [0.2, 0.25) is 0 Å². The predicted molar refractivity (Wildman–Crippen MR) is 93.1 cm³/mol. The maximum atomic E-state index is 12.3. The number of aliphatic hydroxyl groups is 1. The van der Waals surface area contributed by atoms with Crippen LogP contribution in [0.4, 0.5) is 0 Å². The monoisotopic (exact) mass is 328 g/mol. The van der Waals surface area contributed by atoms with Crippen molar-refractivity contribution in [2.75, 3.05) is 0 Å². The zero-order valence-electron chi connectivity index (χ0n) is 14.3. The van der Waals surface area contributed by atoms with Crippen molar-refractivity contribution < 1.29 is 14.6 Å². The van der Waals surface area contributed by atoms with Gasteiger partial charge in [-0.2, -0.15) is 0 Å². The minimum Gasteiger partial charge on any atom is -0.489 e. The van der Waals surface area contributed by atoms with Crippen LogP contribution in [0.15, 0.2) is 48.8 Å². The van der Waals surface area contributed by atoms with Crippen molar-refractivity contribution in [3.05, 3.63) is 59.9 Å². The van der Waals surface area contributed by atoms with Gasteiger partial charge in [-0.05, 0) is 32.4 Å². The molecule has 0 fully saturated rings. The summed E-state index contributed by atoms with van der Waals surface area (Å²) < 4.78 is 5.54. The molecule has 0 spiro atoms. The third-order valence-corrected chi connectivity index (χ3v) is 3.57. The molecule has 24 heavy (non-hydrogen) atoms. The predicted octanol–water partition coefficient (Wildman–Crippen LogP) is 2.59. The number of hydrogen-bond donors (Lipinski definition) is 2. The number of aromatic nitrogens is 1. The van der Waals surface area contributed by atoms with Gasteiger partial charge in [0.05, 0.1) is 30.0 Å². The minimum absolute atomic E-state index is 0.0109. The Bertz CT molecular complexity index is 659. The lowest BCUT2D eigenvalue weighted by Gasteiger charge is -2.20. The molecule has 5 heteroatoms. The fourth-order valence-electron chi connectivity index (χ4n) is 2.30. The largest absolute Gasteiger partial charge is 0.489 e. The number of benzene rings is 1. The van der Waals surface area contributed by atoms with Crippen LogP contribution < -0.4 is 10.1 Å². The van der Waals surface area contributed by atoms with Crippen molar-refractivity contribution in [3.8, 4) is 5.75 Å². The van der Waals surface area contributed by atoms with Crippen molar-refractivity contribution in [2.24, 2.45) is 0 Å². The fraction of sp³-hybridized carbons (Fsp3) is 0.368. The van der Waals surface area contributed by atoms with Gasteiger partial charge in [-0.1, -0.05) is 30.3 Å². The molecule has 2 unspecified atom stereocenters. The highest BCUT2D eigenvalue weighted by Gasteiger charge is 2.18. The van der Waals surface area contributed by atoms with E-state index in [9.17, 15) is 9.90 Å². The Labute approximate surface area is 142 Å². The van der Waals surface area contributed by atoms with Crippen molar-refractivity contribution in [1.29, 1.82) is 0 Å². The highest BCUT2D eigenvalue weighted by molar-refractivity contribution is 5.94. The highest BCUT2D eigenvalue weighted by atomic mass is 16.5. The molecule has 1 aromatic heterocycles. The smallest absolute Gasteiger partial charge is 0.253 e. The Morgan fingerprint density at radius 1 is 1.21 bits per heavy atom. The molecular weight excluding hydrogens is 304 g/mol. The van der Waals surface area contributed by atoms with E-state index < -0.39 is 6.10 Å². The molecule has 1 aromatic carbocycles. The number of carbonyl (C=O) groups excluding carboxylic acids is 1. The quantitative estimate of drug-likeness (QED) is 0.819. The van der Waals surface area contributed by atoms with E-state index in [0.29, 0.717) is 17.7 Å². The van der Waals surface area contributed by atoms with Crippen molar-refractivity contribution in [3.63, 3.8) is 0 Å². The average Bonchev–Trinajstić information content (AvgIpc) is 2.55. The summed E-state index contributed by atoms with van der Waals surface area (Å²) >= 11 is 0. The van der Waals surface area contributed by atoms with E-state index in [2.05, 4.69) is 10.3 Å². The second kappa shape index (κ2) is 8.45. The molecule has 2 aromatic rings. The topological polar surface area (TPSA) is 71.5 Å². The molecular formula is C19H24N2O3. The van der Waals surface area contributed by atoms with Gasteiger partial charge in [-0.3, -0.25) is 9.78 Å². The van der Waals surface area contributed by atoms with Gasteiger partial charge in [0, 0.05) is 12.6 Å². The number of pyridine rings is 1. The molecule has 2 rings (SSSR count). The molecule has 1 heterocycles. The first-order valence-corrected chi connectivity index (χ1v) is 8.10. The Morgan fingerprint density at radius 2 is 1.92 bits per heavy atom. The van der Waals surface area contributed by atoms with E-state index in [1.165, 1.54) is 6.20 Å². The molecule has 2 N–H and O–H groups in total. The summed E-state index contributed by atoms with van der Waals surface area (Å²) in [5.41, 5.74) is 1.44. The van der Waals surface area contributed by atoms with Gasteiger partial charge in [0.15, 0.2) is 0 Å². The first-order valence-electron chi connectivity index (χ1n) is 8.10. The Kier molecular flexibility index (Phi) is 6.32. The third-order valence-electron chi connectivity index (χ3n) is 3.57. The molecule has 2 atom stereocenters. The summed E-state index contributed by atoms with van der Waals surface area (Å²) in [7, 11) is 0. The molecule has 0 aliphatic heterocycles. The number of rotatable bonds is 7. The lowest BCUT2D eigenvalue weighted by atomic mass is 10.0. The van der Waals surface area contributed by atoms with Gasteiger partial charge in [-0.25, -0.2) is 0 Å². The van der Waals surface area contributed by atoms with Gasteiger partial charge >= 0.3 is 0 Å². The summed E-state index contributed by atoms with van der Waals surface area (Å²) in [6, 6.07) is 11.0. The van der Waals surface area contributed by atoms with Crippen molar-refractivity contribution >= 4 is 5.91 Å².